The van der Waals surface area contributed by atoms with Crippen molar-refractivity contribution in [1.29, 1.82) is 0 Å². The molecule has 6 fully saturated rings. The normalized spacial score (nSPS) is 53.9. The van der Waals surface area contributed by atoms with Gasteiger partial charge in [0, 0.05) is 0 Å². The summed E-state index contributed by atoms with van der Waals surface area (Å²) >= 11 is 0. The highest BCUT2D eigenvalue weighted by Gasteiger charge is 2.69. The fraction of sp³-hybridized carbons (Fsp3) is 0.927. The third-order valence-electron chi connectivity index (χ3n) is 16.9. The Kier molecular flexibility index (Phi) is 9.74. The second kappa shape index (κ2) is 12.9. The zero-order chi connectivity index (χ0) is 38.0. The summed E-state index contributed by atoms with van der Waals surface area (Å²) in [7, 11) is 0. The first-order valence-corrected chi connectivity index (χ1v) is 20.1. The van der Waals surface area contributed by atoms with Crippen LogP contribution in [0.3, 0.4) is 0 Å². The zero-order valence-corrected chi connectivity index (χ0v) is 32.6. The Labute approximate surface area is 309 Å². The van der Waals surface area contributed by atoms with Gasteiger partial charge in [-0.05, 0) is 116 Å². The molecule has 0 radical (unpaired) electrons. The Morgan fingerprint density at radius 1 is 0.808 bits per heavy atom. The van der Waals surface area contributed by atoms with Crippen LogP contribution in [-0.4, -0.2) is 105 Å². The quantitative estimate of drug-likeness (QED) is 0.167. The van der Waals surface area contributed by atoms with E-state index in [9.17, 15) is 35.4 Å². The lowest BCUT2D eigenvalue weighted by molar-refractivity contribution is -0.352. The smallest absolute Gasteiger partial charge is 0.310 e. The Hall–Kier alpha value is -1.15. The van der Waals surface area contributed by atoms with Crippen molar-refractivity contribution in [2.24, 2.45) is 50.2 Å². The maximum Gasteiger partial charge on any atom is 0.310 e. The van der Waals surface area contributed by atoms with Gasteiger partial charge in [0.1, 0.15) is 36.6 Å². The molecule has 2 aliphatic heterocycles. The van der Waals surface area contributed by atoms with Crippen molar-refractivity contribution in [2.75, 3.05) is 6.61 Å². The van der Waals surface area contributed by atoms with Crippen LogP contribution in [0.1, 0.15) is 120 Å². The summed E-state index contributed by atoms with van der Waals surface area (Å²) in [5, 5.41) is 63.2. The molecule has 52 heavy (non-hydrogen) atoms. The minimum atomic E-state index is -1.47. The number of ether oxygens (including phenoxy) is 4. The van der Waals surface area contributed by atoms with Crippen molar-refractivity contribution < 1.29 is 54.4 Å². The number of aliphatic carboxylic acids is 1. The third-order valence-corrected chi connectivity index (χ3v) is 16.9. The van der Waals surface area contributed by atoms with Gasteiger partial charge < -0.3 is 49.6 Å². The number of carboxylic acids is 1. The van der Waals surface area contributed by atoms with Gasteiger partial charge in [0.15, 0.2) is 12.6 Å². The summed E-state index contributed by atoms with van der Waals surface area (Å²) in [5.41, 5.74) is 0.567. The molecule has 17 atom stereocenters. The molecule has 5 aliphatic carbocycles. The molecule has 296 valence electrons. The lowest BCUT2D eigenvalue weighted by atomic mass is 9.33. The summed E-state index contributed by atoms with van der Waals surface area (Å²) < 4.78 is 24.6. The molecule has 11 heteroatoms. The van der Waals surface area contributed by atoms with E-state index in [0.29, 0.717) is 11.8 Å². The second-order valence-corrected chi connectivity index (χ2v) is 20.2. The lowest BCUT2D eigenvalue weighted by Gasteiger charge is -2.71. The van der Waals surface area contributed by atoms with Gasteiger partial charge in [-0.15, -0.1) is 0 Å². The second-order valence-electron chi connectivity index (χ2n) is 20.2. The molecule has 0 unspecified atom stereocenters. The standard InChI is InChI=1S/C41H66O11/c1-21-28(43)30(45)32(52-33-31(46)29(44)24(20-42)50-33)34(49-21)51-27-12-13-38(6)25(37(27,4)5)11-14-40(8)26(38)10-9-22-23-19-36(2,3)15-17-41(23,35(47)48)18-16-39(22,40)7/h9,21,23-34,42-46H,10-20H2,1-8H3,(H,47,48)/t21-,23+,24+,25-,26+,27-,28-,29+,30-,31-,32+,33+,34+,38+,39-,40-,41-/m0/s1. The van der Waals surface area contributed by atoms with E-state index < -0.39 is 73.3 Å². The van der Waals surface area contributed by atoms with E-state index in [4.69, 9.17) is 18.9 Å². The third kappa shape index (κ3) is 5.56. The van der Waals surface area contributed by atoms with Gasteiger partial charge in [-0.2, -0.15) is 0 Å². The molecule has 0 aromatic rings. The largest absolute Gasteiger partial charge is 0.481 e. The number of aliphatic hydroxyl groups is 5. The number of hydrogen-bond acceptors (Lipinski definition) is 10. The first kappa shape index (κ1) is 39.1. The van der Waals surface area contributed by atoms with Crippen molar-refractivity contribution in [3.05, 3.63) is 11.6 Å². The Balaban J connectivity index is 1.14. The van der Waals surface area contributed by atoms with Crippen LogP contribution in [0.5, 0.6) is 0 Å². The van der Waals surface area contributed by atoms with Gasteiger partial charge in [-0.3, -0.25) is 4.79 Å². The monoisotopic (exact) mass is 734 g/mol. The van der Waals surface area contributed by atoms with E-state index >= 15 is 0 Å². The highest BCUT2D eigenvalue weighted by molar-refractivity contribution is 5.76. The molecule has 4 saturated carbocycles. The van der Waals surface area contributed by atoms with E-state index in [1.165, 1.54) is 5.57 Å². The predicted molar refractivity (Wildman–Crippen MR) is 191 cm³/mol. The van der Waals surface area contributed by atoms with Gasteiger partial charge in [-0.25, -0.2) is 0 Å². The minimum Gasteiger partial charge on any atom is -0.481 e. The van der Waals surface area contributed by atoms with Crippen molar-refractivity contribution in [3.8, 4) is 0 Å². The van der Waals surface area contributed by atoms with Gasteiger partial charge in [0.05, 0.1) is 24.2 Å². The first-order valence-electron chi connectivity index (χ1n) is 20.1. The van der Waals surface area contributed by atoms with Crippen molar-refractivity contribution >= 4 is 5.97 Å². The Bertz CT molecular complexity index is 1410. The minimum absolute atomic E-state index is 0.0120. The topological polar surface area (TPSA) is 175 Å². The van der Waals surface area contributed by atoms with E-state index in [2.05, 4.69) is 54.5 Å². The first-order chi connectivity index (χ1) is 24.2. The SMILES string of the molecule is C[C@@H]1O[C@H](O[C@H]2CC[C@@]3(C)[C@H]4CC=C5[C@H]6CC(C)(C)CC[C@]6(C(=O)O)CC[C@]5(C)[C@@]4(C)CC[C@H]3C2(C)C)[C@H](O[C@H]2O[C@H](CO)[C@@H](O)[C@@H]2O)[C@@H](O)[C@H]1O. The van der Waals surface area contributed by atoms with Crippen molar-refractivity contribution in [1.82, 2.24) is 0 Å². The summed E-state index contributed by atoms with van der Waals surface area (Å²) in [6.07, 6.45) is 0.305. The molecule has 6 N–H and O–H groups in total. The molecule has 0 aromatic carbocycles. The summed E-state index contributed by atoms with van der Waals surface area (Å²) in [5.74, 6) is 0.213. The van der Waals surface area contributed by atoms with Crippen LogP contribution in [0.15, 0.2) is 11.6 Å². The molecule has 7 aliphatic rings. The molecule has 0 aromatic heterocycles. The maximum absolute atomic E-state index is 13.0. The molecule has 0 amide bonds. The van der Waals surface area contributed by atoms with Gasteiger partial charge in [0.25, 0.3) is 0 Å². The summed E-state index contributed by atoms with van der Waals surface area (Å²) in [4.78, 5) is 13.0. The van der Waals surface area contributed by atoms with E-state index in [0.717, 1.165) is 64.2 Å². The molecule has 2 heterocycles. The van der Waals surface area contributed by atoms with E-state index in [1.807, 2.05) is 0 Å². The molecular formula is C41H66O11. The fourth-order valence-corrected chi connectivity index (χ4v) is 13.4. The number of carbonyl (C=O) groups is 1. The van der Waals surface area contributed by atoms with Gasteiger partial charge in [0.2, 0.25) is 0 Å². The Morgan fingerprint density at radius 3 is 2.15 bits per heavy atom. The molecule has 11 nitrogen and oxygen atoms in total. The fourth-order valence-electron chi connectivity index (χ4n) is 13.4. The predicted octanol–water partition coefficient (Wildman–Crippen LogP) is 4.55. The van der Waals surface area contributed by atoms with Gasteiger partial charge in [-0.1, -0.05) is 60.1 Å². The Morgan fingerprint density at radius 2 is 1.50 bits per heavy atom. The number of carboxylic acid groups (broad SMARTS) is 1. The highest BCUT2D eigenvalue weighted by Crippen LogP contribution is 2.76. The van der Waals surface area contributed by atoms with Crippen LogP contribution in [0.25, 0.3) is 0 Å². The summed E-state index contributed by atoms with van der Waals surface area (Å²) in [6, 6.07) is 0. The van der Waals surface area contributed by atoms with Crippen LogP contribution in [0.2, 0.25) is 0 Å². The lowest BCUT2D eigenvalue weighted by Crippen LogP contribution is -2.66. The molecular weight excluding hydrogens is 668 g/mol. The van der Waals surface area contributed by atoms with Crippen LogP contribution in [0, 0.1) is 50.2 Å². The number of aliphatic hydroxyl groups excluding tert-OH is 5. The van der Waals surface area contributed by atoms with Crippen molar-refractivity contribution in [3.63, 3.8) is 0 Å². The maximum atomic E-state index is 13.0. The number of hydrogen-bond donors (Lipinski definition) is 6. The number of rotatable bonds is 6. The van der Waals surface area contributed by atoms with Crippen LogP contribution in [-0.2, 0) is 23.7 Å². The average molecular weight is 735 g/mol. The number of allylic oxidation sites excluding steroid dienone is 2. The molecule has 2 saturated heterocycles. The van der Waals surface area contributed by atoms with Gasteiger partial charge >= 0.3 is 5.97 Å². The number of fused-ring (bicyclic) bond motifs is 7. The molecule has 0 spiro atoms. The van der Waals surface area contributed by atoms with Crippen LogP contribution in [0.4, 0.5) is 0 Å². The highest BCUT2D eigenvalue weighted by atomic mass is 16.8. The zero-order valence-electron chi connectivity index (χ0n) is 32.6. The van der Waals surface area contributed by atoms with E-state index in [-0.39, 0.29) is 39.1 Å². The molecule has 7 rings (SSSR count). The van der Waals surface area contributed by atoms with Crippen LogP contribution < -0.4 is 0 Å². The van der Waals surface area contributed by atoms with Crippen LogP contribution >= 0.6 is 0 Å². The molecule has 0 bridgehead atoms. The summed E-state index contributed by atoms with van der Waals surface area (Å²) in [6.45, 7) is 17.8. The van der Waals surface area contributed by atoms with E-state index in [1.54, 1.807) is 6.92 Å². The van der Waals surface area contributed by atoms with Crippen molar-refractivity contribution in [2.45, 2.75) is 181 Å². The average Bonchev–Trinajstić information content (AvgIpc) is 3.34.